The minimum atomic E-state index is -0.178. The molecular weight excluding hydrogens is 238 g/mol. The third-order valence-electron chi connectivity index (χ3n) is 4.43. The van der Waals surface area contributed by atoms with Gasteiger partial charge in [0, 0.05) is 25.7 Å². The van der Waals surface area contributed by atoms with Crippen LogP contribution in [-0.2, 0) is 11.2 Å². The zero-order valence-corrected chi connectivity index (χ0v) is 11.4. The first-order chi connectivity index (χ1) is 9.33. The second-order valence-corrected chi connectivity index (χ2v) is 5.84. The predicted octanol–water partition coefficient (Wildman–Crippen LogP) is 1.70. The second kappa shape index (κ2) is 6.04. The summed E-state index contributed by atoms with van der Waals surface area (Å²) in [6, 6.07) is 10.8. The van der Waals surface area contributed by atoms with Crippen LogP contribution in [0.15, 0.2) is 30.3 Å². The summed E-state index contributed by atoms with van der Waals surface area (Å²) >= 11 is 0. The molecule has 2 fully saturated rings. The van der Waals surface area contributed by atoms with Gasteiger partial charge in [-0.05, 0) is 30.7 Å². The Bertz CT molecular complexity index is 389. The van der Waals surface area contributed by atoms with Gasteiger partial charge in [0.2, 0.25) is 0 Å². The zero-order valence-electron chi connectivity index (χ0n) is 11.4. The van der Waals surface area contributed by atoms with Crippen LogP contribution in [-0.4, -0.2) is 48.5 Å². The highest BCUT2D eigenvalue weighted by atomic mass is 16.5. The van der Waals surface area contributed by atoms with Gasteiger partial charge in [0.05, 0.1) is 12.7 Å². The molecule has 2 heterocycles. The fourth-order valence-corrected chi connectivity index (χ4v) is 3.31. The lowest BCUT2D eigenvalue weighted by Gasteiger charge is -2.28. The molecule has 0 radical (unpaired) electrons. The Balaban J connectivity index is 1.63. The van der Waals surface area contributed by atoms with Gasteiger partial charge >= 0.3 is 0 Å². The Kier molecular flexibility index (Phi) is 4.16. The fourth-order valence-electron chi connectivity index (χ4n) is 3.31. The number of hydrogen-bond acceptors (Lipinski definition) is 3. The monoisotopic (exact) mass is 261 g/mol. The molecule has 0 unspecified atom stereocenters. The Labute approximate surface area is 115 Å². The Morgan fingerprint density at radius 3 is 2.79 bits per heavy atom. The zero-order chi connectivity index (χ0) is 13.1. The van der Waals surface area contributed by atoms with E-state index in [2.05, 4.69) is 29.2 Å². The first-order valence-electron chi connectivity index (χ1n) is 7.37. The van der Waals surface area contributed by atoms with Crippen molar-refractivity contribution in [3.8, 4) is 0 Å². The Morgan fingerprint density at radius 2 is 2.05 bits per heavy atom. The molecular formula is C16H23NO2. The summed E-state index contributed by atoms with van der Waals surface area (Å²) in [6.45, 7) is 3.90. The molecule has 3 nitrogen and oxygen atoms in total. The molecule has 1 N–H and O–H groups in total. The van der Waals surface area contributed by atoms with E-state index in [1.165, 1.54) is 12.0 Å². The van der Waals surface area contributed by atoms with Gasteiger partial charge in [-0.3, -0.25) is 4.90 Å². The molecule has 3 heteroatoms. The van der Waals surface area contributed by atoms with Gasteiger partial charge < -0.3 is 9.84 Å². The second-order valence-electron chi connectivity index (χ2n) is 5.84. The van der Waals surface area contributed by atoms with Crippen LogP contribution in [0, 0.1) is 5.92 Å². The normalized spacial score (nSPS) is 31.9. The topological polar surface area (TPSA) is 32.7 Å². The number of ether oxygens (including phenoxy) is 1. The van der Waals surface area contributed by atoms with Gasteiger partial charge in [0.25, 0.3) is 0 Å². The molecule has 104 valence electrons. The minimum Gasteiger partial charge on any atom is -0.391 e. The van der Waals surface area contributed by atoms with E-state index in [0.29, 0.717) is 5.92 Å². The molecule has 0 amide bonds. The number of rotatable bonds is 4. The highest BCUT2D eigenvalue weighted by molar-refractivity contribution is 5.17. The molecule has 1 aromatic carbocycles. The van der Waals surface area contributed by atoms with E-state index >= 15 is 0 Å². The summed E-state index contributed by atoms with van der Waals surface area (Å²) in [7, 11) is 0. The molecule has 2 saturated heterocycles. The summed E-state index contributed by atoms with van der Waals surface area (Å²) in [6.07, 6.45) is 2.85. The van der Waals surface area contributed by atoms with E-state index in [-0.39, 0.29) is 12.1 Å². The molecule has 0 spiro atoms. The summed E-state index contributed by atoms with van der Waals surface area (Å²) in [4.78, 5) is 2.47. The molecule has 1 aromatic rings. The van der Waals surface area contributed by atoms with Crippen LogP contribution in [0.25, 0.3) is 0 Å². The fraction of sp³-hybridized carbons (Fsp3) is 0.625. The first-order valence-corrected chi connectivity index (χ1v) is 7.37. The van der Waals surface area contributed by atoms with E-state index in [0.717, 1.165) is 39.1 Å². The summed E-state index contributed by atoms with van der Waals surface area (Å²) in [5, 5.41) is 10.2. The number of hydrogen-bond donors (Lipinski definition) is 1. The highest BCUT2D eigenvalue weighted by Gasteiger charge is 2.34. The van der Waals surface area contributed by atoms with E-state index in [4.69, 9.17) is 4.74 Å². The lowest BCUT2D eigenvalue weighted by molar-refractivity contribution is 0.103. The third-order valence-corrected chi connectivity index (χ3v) is 4.43. The van der Waals surface area contributed by atoms with Crippen molar-refractivity contribution in [1.82, 2.24) is 4.90 Å². The van der Waals surface area contributed by atoms with Crippen LogP contribution in [0.4, 0.5) is 0 Å². The average Bonchev–Trinajstić information content (AvgIpc) is 3.05. The van der Waals surface area contributed by atoms with Crippen LogP contribution in [0.3, 0.4) is 0 Å². The third kappa shape index (κ3) is 3.16. The van der Waals surface area contributed by atoms with Crippen LogP contribution < -0.4 is 0 Å². The predicted molar refractivity (Wildman–Crippen MR) is 75.1 cm³/mol. The Morgan fingerprint density at radius 1 is 1.21 bits per heavy atom. The van der Waals surface area contributed by atoms with Crippen LogP contribution in [0.2, 0.25) is 0 Å². The molecule has 0 aliphatic carbocycles. The van der Waals surface area contributed by atoms with Gasteiger partial charge in [-0.25, -0.2) is 0 Å². The van der Waals surface area contributed by atoms with Gasteiger partial charge in [-0.1, -0.05) is 30.3 Å². The van der Waals surface area contributed by atoms with E-state index in [9.17, 15) is 5.11 Å². The molecule has 3 atom stereocenters. The van der Waals surface area contributed by atoms with E-state index < -0.39 is 0 Å². The van der Waals surface area contributed by atoms with Gasteiger partial charge in [0.15, 0.2) is 0 Å². The van der Waals surface area contributed by atoms with Crippen molar-refractivity contribution in [2.24, 2.45) is 5.92 Å². The highest BCUT2D eigenvalue weighted by Crippen LogP contribution is 2.25. The van der Waals surface area contributed by atoms with Crippen LogP contribution in [0.1, 0.15) is 18.4 Å². The molecule has 2 aliphatic rings. The summed E-state index contributed by atoms with van der Waals surface area (Å²) in [5.41, 5.74) is 1.32. The maximum atomic E-state index is 10.2. The van der Waals surface area contributed by atoms with Crippen molar-refractivity contribution in [2.45, 2.75) is 31.4 Å². The Hall–Kier alpha value is -0.900. The number of likely N-dealkylation sites (tertiary alicyclic amines) is 1. The first kappa shape index (κ1) is 13.1. The van der Waals surface area contributed by atoms with Gasteiger partial charge in [-0.2, -0.15) is 0 Å². The van der Waals surface area contributed by atoms with Crippen molar-refractivity contribution < 1.29 is 9.84 Å². The quantitative estimate of drug-likeness (QED) is 0.895. The molecule has 0 saturated carbocycles. The lowest BCUT2D eigenvalue weighted by atomic mass is 10.0. The summed E-state index contributed by atoms with van der Waals surface area (Å²) in [5.74, 6) is 0.656. The SMILES string of the molecule is O[C@@H]1CCN(C[C@H]2CCOC2)[C@H]1Cc1ccccc1. The van der Waals surface area contributed by atoms with Crippen molar-refractivity contribution in [2.75, 3.05) is 26.3 Å². The maximum Gasteiger partial charge on any atom is 0.0710 e. The van der Waals surface area contributed by atoms with E-state index in [1.54, 1.807) is 0 Å². The van der Waals surface area contributed by atoms with Crippen molar-refractivity contribution in [3.63, 3.8) is 0 Å². The largest absolute Gasteiger partial charge is 0.391 e. The molecule has 2 aliphatic heterocycles. The number of nitrogens with zero attached hydrogens (tertiary/aromatic N) is 1. The van der Waals surface area contributed by atoms with Crippen LogP contribution in [0.5, 0.6) is 0 Å². The average molecular weight is 261 g/mol. The van der Waals surface area contributed by atoms with Gasteiger partial charge in [0.1, 0.15) is 0 Å². The molecule has 0 bridgehead atoms. The number of aliphatic hydroxyl groups is 1. The molecule has 3 rings (SSSR count). The van der Waals surface area contributed by atoms with Gasteiger partial charge in [-0.15, -0.1) is 0 Å². The molecule has 19 heavy (non-hydrogen) atoms. The van der Waals surface area contributed by atoms with Crippen molar-refractivity contribution in [1.29, 1.82) is 0 Å². The molecule has 0 aromatic heterocycles. The van der Waals surface area contributed by atoms with Crippen molar-refractivity contribution >= 4 is 0 Å². The smallest absolute Gasteiger partial charge is 0.0710 e. The lowest BCUT2D eigenvalue weighted by Crippen LogP contribution is -2.40. The number of aliphatic hydroxyl groups excluding tert-OH is 1. The van der Waals surface area contributed by atoms with E-state index in [1.807, 2.05) is 6.07 Å². The standard InChI is InChI=1S/C16H23NO2/c18-16-6-8-17(11-14-7-9-19-12-14)15(16)10-13-4-2-1-3-5-13/h1-5,14-16,18H,6-12H2/t14-,15+,16-/m1/s1. The minimum absolute atomic E-state index is 0.178. The number of benzene rings is 1. The van der Waals surface area contributed by atoms with Crippen molar-refractivity contribution in [3.05, 3.63) is 35.9 Å². The maximum absolute atomic E-state index is 10.2. The summed E-state index contributed by atoms with van der Waals surface area (Å²) < 4.78 is 5.46. The van der Waals surface area contributed by atoms with Crippen LogP contribution >= 0.6 is 0 Å².